The Bertz CT molecular complexity index is 655. The van der Waals surface area contributed by atoms with Crippen molar-refractivity contribution in [3.8, 4) is 0 Å². The molecular weight excluding hydrogens is 264 g/mol. The quantitative estimate of drug-likeness (QED) is 0.500. The molecule has 0 radical (unpaired) electrons. The summed E-state index contributed by atoms with van der Waals surface area (Å²) in [6.45, 7) is 1.53. The fraction of sp³-hybridized carbons (Fsp3) is 0.167. The lowest BCUT2D eigenvalue weighted by Crippen LogP contribution is -2.32. The summed E-state index contributed by atoms with van der Waals surface area (Å²) in [5, 5.41) is 7.72. The molecule has 1 aromatic heterocycles. The number of thioether (sulfide) groups is 1. The summed E-state index contributed by atoms with van der Waals surface area (Å²) in [7, 11) is 0. The number of aromatic nitrogens is 3. The second-order valence-electron chi connectivity index (χ2n) is 3.82. The Morgan fingerprint density at radius 3 is 2.68 bits per heavy atom. The van der Waals surface area contributed by atoms with Crippen LogP contribution in [0, 0.1) is 6.92 Å². The Morgan fingerprint density at radius 1 is 1.32 bits per heavy atom. The van der Waals surface area contributed by atoms with Crippen LogP contribution in [-0.4, -0.2) is 26.4 Å². The third kappa shape index (κ3) is 3.00. The Labute approximate surface area is 113 Å². The van der Waals surface area contributed by atoms with Crippen LogP contribution in [0.1, 0.15) is 16.1 Å². The van der Waals surface area contributed by atoms with E-state index in [-0.39, 0.29) is 22.4 Å². The Kier molecular flexibility index (Phi) is 3.96. The van der Waals surface area contributed by atoms with E-state index >= 15 is 0 Å². The molecule has 7 heteroatoms. The number of hydrogen-bond acceptors (Lipinski definition) is 6. The predicted octanol–water partition coefficient (Wildman–Crippen LogP) is 0.636. The highest BCUT2D eigenvalue weighted by Gasteiger charge is 2.11. The van der Waals surface area contributed by atoms with Crippen molar-refractivity contribution in [2.24, 2.45) is 0 Å². The van der Waals surface area contributed by atoms with E-state index in [1.54, 1.807) is 24.3 Å². The molecule has 0 saturated carbocycles. The van der Waals surface area contributed by atoms with Crippen LogP contribution >= 0.6 is 11.8 Å². The lowest BCUT2D eigenvalue weighted by atomic mass is 10.2. The van der Waals surface area contributed by atoms with Crippen LogP contribution < -0.4 is 11.4 Å². The maximum Gasteiger partial charge on any atom is 0.294 e. The lowest BCUT2D eigenvalue weighted by Gasteiger charge is -2.05. The first-order valence-corrected chi connectivity index (χ1v) is 6.50. The zero-order valence-electron chi connectivity index (χ0n) is 10.2. The predicted molar refractivity (Wildman–Crippen MR) is 72.7 cm³/mol. The summed E-state index contributed by atoms with van der Waals surface area (Å²) in [5.41, 5.74) is 0.423. The molecule has 0 aliphatic rings. The second kappa shape index (κ2) is 5.66. The second-order valence-corrected chi connectivity index (χ2v) is 4.76. The van der Waals surface area contributed by atoms with Gasteiger partial charge < -0.3 is 5.84 Å². The SMILES string of the molecule is Cc1nnc(SCC(=O)c2ccccc2)n(N)c1=O. The van der Waals surface area contributed by atoms with Crippen molar-refractivity contribution in [3.05, 3.63) is 51.9 Å². The summed E-state index contributed by atoms with van der Waals surface area (Å²) >= 11 is 1.09. The first kappa shape index (κ1) is 13.3. The van der Waals surface area contributed by atoms with Crippen LogP contribution in [0.25, 0.3) is 0 Å². The van der Waals surface area contributed by atoms with Gasteiger partial charge >= 0.3 is 0 Å². The van der Waals surface area contributed by atoms with Gasteiger partial charge in [0.1, 0.15) is 5.69 Å². The first-order valence-electron chi connectivity index (χ1n) is 5.52. The van der Waals surface area contributed by atoms with Crippen molar-refractivity contribution in [2.45, 2.75) is 12.1 Å². The average Bonchev–Trinajstić information content (AvgIpc) is 2.45. The molecule has 0 fully saturated rings. The number of hydrogen-bond donors (Lipinski definition) is 1. The molecule has 0 spiro atoms. The molecular formula is C12H12N4O2S. The highest BCUT2D eigenvalue weighted by molar-refractivity contribution is 7.99. The molecule has 0 bridgehead atoms. The molecule has 0 atom stereocenters. The van der Waals surface area contributed by atoms with Gasteiger partial charge in [0.05, 0.1) is 5.75 Å². The summed E-state index contributed by atoms with van der Waals surface area (Å²) in [6.07, 6.45) is 0. The fourth-order valence-electron chi connectivity index (χ4n) is 1.41. The highest BCUT2D eigenvalue weighted by atomic mass is 32.2. The molecule has 0 unspecified atom stereocenters. The smallest absolute Gasteiger partial charge is 0.294 e. The number of nitrogens with two attached hydrogens (primary N) is 1. The third-order valence-corrected chi connectivity index (χ3v) is 3.39. The lowest BCUT2D eigenvalue weighted by molar-refractivity contribution is 0.102. The number of rotatable bonds is 4. The minimum atomic E-state index is -0.412. The first-order chi connectivity index (χ1) is 9.09. The van der Waals surface area contributed by atoms with Gasteiger partial charge in [-0.3, -0.25) is 9.59 Å². The van der Waals surface area contributed by atoms with E-state index in [2.05, 4.69) is 10.2 Å². The number of aryl methyl sites for hydroxylation is 1. The zero-order valence-corrected chi connectivity index (χ0v) is 11.1. The van der Waals surface area contributed by atoms with Crippen LogP contribution in [-0.2, 0) is 0 Å². The summed E-state index contributed by atoms with van der Waals surface area (Å²) < 4.78 is 0.908. The van der Waals surface area contributed by atoms with E-state index < -0.39 is 5.56 Å². The number of carbonyl (C=O) groups is 1. The monoisotopic (exact) mass is 276 g/mol. The van der Waals surface area contributed by atoms with Gasteiger partial charge in [-0.25, -0.2) is 0 Å². The molecule has 2 N–H and O–H groups in total. The maximum atomic E-state index is 11.9. The molecule has 98 valence electrons. The van der Waals surface area contributed by atoms with Crippen LogP contribution in [0.3, 0.4) is 0 Å². The summed E-state index contributed by atoms with van der Waals surface area (Å²) in [6, 6.07) is 8.90. The van der Waals surface area contributed by atoms with E-state index in [0.29, 0.717) is 5.56 Å². The van der Waals surface area contributed by atoms with Gasteiger partial charge in [-0.2, -0.15) is 4.68 Å². The molecule has 0 saturated heterocycles. The van der Waals surface area contributed by atoms with Crippen LogP contribution in [0.2, 0.25) is 0 Å². The van der Waals surface area contributed by atoms with Crippen molar-refractivity contribution in [2.75, 3.05) is 11.6 Å². The molecule has 0 aliphatic heterocycles. The van der Waals surface area contributed by atoms with E-state index in [9.17, 15) is 9.59 Å². The van der Waals surface area contributed by atoms with E-state index in [0.717, 1.165) is 16.4 Å². The highest BCUT2D eigenvalue weighted by Crippen LogP contribution is 2.13. The molecule has 0 amide bonds. The molecule has 2 aromatic rings. The minimum absolute atomic E-state index is 0.0552. The molecule has 1 aromatic carbocycles. The Morgan fingerprint density at radius 2 is 2.00 bits per heavy atom. The summed E-state index contributed by atoms with van der Waals surface area (Å²) in [5.74, 6) is 5.67. The van der Waals surface area contributed by atoms with E-state index in [1.165, 1.54) is 6.92 Å². The van der Waals surface area contributed by atoms with Crippen molar-refractivity contribution in [1.82, 2.24) is 14.9 Å². The van der Waals surface area contributed by atoms with Gasteiger partial charge in [0.2, 0.25) is 5.16 Å². The van der Waals surface area contributed by atoms with Gasteiger partial charge in [-0.15, -0.1) is 10.2 Å². The van der Waals surface area contributed by atoms with Crippen molar-refractivity contribution in [1.29, 1.82) is 0 Å². The van der Waals surface area contributed by atoms with Crippen molar-refractivity contribution >= 4 is 17.5 Å². The standard InChI is InChI=1S/C12H12N4O2S/c1-8-11(18)16(13)12(15-14-8)19-7-10(17)9-5-3-2-4-6-9/h2-6H,7,13H2,1H3. The largest absolute Gasteiger partial charge is 0.334 e. The number of carbonyl (C=O) groups excluding carboxylic acids is 1. The average molecular weight is 276 g/mol. The Balaban J connectivity index is 2.10. The molecule has 19 heavy (non-hydrogen) atoms. The number of ketones is 1. The number of nitrogens with zero attached hydrogens (tertiary/aromatic N) is 3. The van der Waals surface area contributed by atoms with Gasteiger partial charge in [-0.05, 0) is 6.92 Å². The number of nitrogen functional groups attached to an aromatic ring is 1. The van der Waals surface area contributed by atoms with Crippen molar-refractivity contribution < 1.29 is 4.79 Å². The number of benzene rings is 1. The van der Waals surface area contributed by atoms with Crippen molar-refractivity contribution in [3.63, 3.8) is 0 Å². The van der Waals surface area contributed by atoms with Gasteiger partial charge in [0.15, 0.2) is 5.78 Å². The van der Waals surface area contributed by atoms with E-state index in [4.69, 9.17) is 5.84 Å². The fourth-order valence-corrected chi connectivity index (χ4v) is 2.15. The minimum Gasteiger partial charge on any atom is -0.334 e. The zero-order chi connectivity index (χ0) is 13.8. The van der Waals surface area contributed by atoms with Gasteiger partial charge in [0, 0.05) is 5.56 Å². The summed E-state index contributed by atoms with van der Waals surface area (Å²) in [4.78, 5) is 23.4. The van der Waals surface area contributed by atoms with Crippen LogP contribution in [0.15, 0.2) is 40.3 Å². The number of Topliss-reactive ketones (excluding diaryl/α,β-unsaturated/α-hetero) is 1. The van der Waals surface area contributed by atoms with Gasteiger partial charge in [-0.1, -0.05) is 42.1 Å². The molecule has 2 rings (SSSR count). The third-order valence-electron chi connectivity index (χ3n) is 2.45. The Hall–Kier alpha value is -2.15. The van der Waals surface area contributed by atoms with Crippen LogP contribution in [0.4, 0.5) is 0 Å². The maximum absolute atomic E-state index is 11.9. The van der Waals surface area contributed by atoms with Gasteiger partial charge in [0.25, 0.3) is 5.56 Å². The molecule has 1 heterocycles. The molecule has 0 aliphatic carbocycles. The topological polar surface area (TPSA) is 90.9 Å². The molecule has 6 nitrogen and oxygen atoms in total. The van der Waals surface area contributed by atoms with Crippen LogP contribution in [0.5, 0.6) is 0 Å². The normalized spacial score (nSPS) is 10.4. The van der Waals surface area contributed by atoms with E-state index in [1.807, 2.05) is 6.07 Å².